The van der Waals surface area contributed by atoms with E-state index in [-0.39, 0.29) is 5.91 Å². The van der Waals surface area contributed by atoms with Crippen LogP contribution in [0.2, 0.25) is 0 Å². The molecule has 0 aromatic heterocycles. The molecule has 82 valence electrons. The first-order chi connectivity index (χ1) is 7.24. The van der Waals surface area contributed by atoms with Gasteiger partial charge in [-0.25, -0.2) is 5.06 Å². The Hall–Kier alpha value is -1.39. The van der Waals surface area contributed by atoms with Gasteiger partial charge in [0.25, 0.3) is 0 Å². The lowest BCUT2D eigenvalue weighted by molar-refractivity contribution is -0.182. The Morgan fingerprint density at radius 1 is 1.40 bits per heavy atom. The third-order valence-corrected chi connectivity index (χ3v) is 1.98. The number of rotatable bonds is 5. The Balaban J connectivity index is 2.34. The van der Waals surface area contributed by atoms with Crippen molar-refractivity contribution >= 4 is 5.91 Å². The highest BCUT2D eigenvalue weighted by Gasteiger charge is 2.07. The molecule has 1 aromatic rings. The fraction of sp³-hybridized carbons (Fsp3) is 0.364. The molecule has 0 aliphatic heterocycles. The lowest BCUT2D eigenvalue weighted by Gasteiger charge is -2.16. The van der Waals surface area contributed by atoms with E-state index in [4.69, 9.17) is 10.6 Å². The third kappa shape index (κ3) is 4.10. The maximum atomic E-state index is 11.3. The van der Waals surface area contributed by atoms with E-state index in [1.54, 1.807) is 7.05 Å². The number of carbonyl (C=O) groups is 1. The minimum Gasteiger partial charge on any atom is -0.330 e. The maximum Gasteiger partial charge on any atom is 0.247 e. The van der Waals surface area contributed by atoms with Gasteiger partial charge in [-0.15, -0.1) is 0 Å². The second-order valence-corrected chi connectivity index (χ2v) is 3.19. The fourth-order valence-electron chi connectivity index (χ4n) is 1.10. The first kappa shape index (κ1) is 11.7. The Morgan fingerprint density at radius 2 is 2.07 bits per heavy atom. The number of nitrogens with zero attached hydrogens (tertiary/aromatic N) is 1. The average molecular weight is 208 g/mol. The van der Waals surface area contributed by atoms with Gasteiger partial charge in [0.05, 0.1) is 0 Å². The number of nitrogens with two attached hydrogens (primary N) is 1. The van der Waals surface area contributed by atoms with Crippen molar-refractivity contribution in [2.24, 2.45) is 5.73 Å². The first-order valence-electron chi connectivity index (χ1n) is 4.87. The van der Waals surface area contributed by atoms with Gasteiger partial charge in [0.2, 0.25) is 5.91 Å². The molecule has 0 saturated heterocycles. The van der Waals surface area contributed by atoms with Gasteiger partial charge >= 0.3 is 0 Å². The molecule has 0 atom stereocenters. The topological polar surface area (TPSA) is 55.6 Å². The summed E-state index contributed by atoms with van der Waals surface area (Å²) in [5, 5.41) is 1.24. The Kier molecular flexibility index (Phi) is 4.80. The zero-order chi connectivity index (χ0) is 11.1. The van der Waals surface area contributed by atoms with E-state index in [1.807, 2.05) is 30.3 Å². The zero-order valence-corrected chi connectivity index (χ0v) is 8.85. The monoisotopic (exact) mass is 208 g/mol. The number of benzene rings is 1. The molecular formula is C11H16N2O2. The number of hydroxylamine groups is 2. The number of amides is 1. The maximum absolute atomic E-state index is 11.3. The van der Waals surface area contributed by atoms with E-state index in [9.17, 15) is 4.79 Å². The highest BCUT2D eigenvalue weighted by Crippen LogP contribution is 2.02. The highest BCUT2D eigenvalue weighted by molar-refractivity contribution is 5.74. The van der Waals surface area contributed by atoms with Crippen molar-refractivity contribution in [1.29, 1.82) is 0 Å². The normalized spacial score (nSPS) is 10.0. The summed E-state index contributed by atoms with van der Waals surface area (Å²) in [6.07, 6.45) is 0.311. The molecule has 1 amide bonds. The van der Waals surface area contributed by atoms with E-state index in [1.165, 1.54) is 5.06 Å². The van der Waals surface area contributed by atoms with E-state index in [0.717, 1.165) is 5.56 Å². The van der Waals surface area contributed by atoms with Gasteiger partial charge < -0.3 is 5.73 Å². The molecule has 0 aliphatic rings. The van der Waals surface area contributed by atoms with Crippen molar-refractivity contribution in [1.82, 2.24) is 5.06 Å². The summed E-state index contributed by atoms with van der Waals surface area (Å²) in [5.41, 5.74) is 6.30. The molecule has 4 nitrogen and oxygen atoms in total. The minimum absolute atomic E-state index is 0.103. The molecule has 4 heteroatoms. The van der Waals surface area contributed by atoms with Gasteiger partial charge in [-0.05, 0) is 5.56 Å². The summed E-state index contributed by atoms with van der Waals surface area (Å²) in [7, 11) is 1.60. The summed E-state index contributed by atoms with van der Waals surface area (Å²) in [6, 6.07) is 9.69. The second kappa shape index (κ2) is 6.16. The van der Waals surface area contributed by atoms with Crippen LogP contribution in [0.4, 0.5) is 0 Å². The molecule has 1 rings (SSSR count). The Labute approximate surface area is 89.6 Å². The number of hydrogen-bond acceptors (Lipinski definition) is 3. The van der Waals surface area contributed by atoms with Crippen molar-refractivity contribution in [3.63, 3.8) is 0 Å². The molecule has 0 fully saturated rings. The van der Waals surface area contributed by atoms with E-state index >= 15 is 0 Å². The van der Waals surface area contributed by atoms with Crippen LogP contribution in [0.5, 0.6) is 0 Å². The predicted octanol–water partition coefficient (Wildman–Crippen LogP) is 0.925. The van der Waals surface area contributed by atoms with Crippen LogP contribution in [0.1, 0.15) is 12.0 Å². The molecule has 0 unspecified atom stereocenters. The zero-order valence-electron chi connectivity index (χ0n) is 8.85. The lowest BCUT2D eigenvalue weighted by atomic mass is 10.2. The fourth-order valence-corrected chi connectivity index (χ4v) is 1.10. The Morgan fingerprint density at radius 3 is 2.67 bits per heavy atom. The van der Waals surface area contributed by atoms with Crippen LogP contribution >= 0.6 is 0 Å². The van der Waals surface area contributed by atoms with Crippen LogP contribution in [0.15, 0.2) is 30.3 Å². The number of carbonyl (C=O) groups excluding carboxylic acids is 1. The van der Waals surface area contributed by atoms with Crippen molar-refractivity contribution in [3.05, 3.63) is 35.9 Å². The van der Waals surface area contributed by atoms with Gasteiger partial charge in [0, 0.05) is 20.0 Å². The summed E-state index contributed by atoms with van der Waals surface area (Å²) in [4.78, 5) is 16.6. The summed E-state index contributed by atoms with van der Waals surface area (Å²) in [5.74, 6) is -0.103. The first-order valence-corrected chi connectivity index (χ1v) is 4.87. The summed E-state index contributed by atoms with van der Waals surface area (Å²) in [6.45, 7) is 0.742. The van der Waals surface area contributed by atoms with E-state index in [2.05, 4.69) is 0 Å². The molecule has 2 N–H and O–H groups in total. The molecule has 0 heterocycles. The smallest absolute Gasteiger partial charge is 0.247 e. The van der Waals surface area contributed by atoms with Crippen molar-refractivity contribution < 1.29 is 9.63 Å². The molecular weight excluding hydrogens is 192 g/mol. The third-order valence-electron chi connectivity index (χ3n) is 1.98. The molecule has 1 aromatic carbocycles. The van der Waals surface area contributed by atoms with Crippen molar-refractivity contribution in [2.75, 3.05) is 13.6 Å². The van der Waals surface area contributed by atoms with Crippen LogP contribution in [0.25, 0.3) is 0 Å². The number of hydrogen-bond donors (Lipinski definition) is 1. The van der Waals surface area contributed by atoms with E-state index < -0.39 is 0 Å². The van der Waals surface area contributed by atoms with Crippen LogP contribution < -0.4 is 5.73 Å². The average Bonchev–Trinajstić information content (AvgIpc) is 2.27. The van der Waals surface area contributed by atoms with Gasteiger partial charge in [-0.3, -0.25) is 9.63 Å². The standard InChI is InChI=1S/C11H16N2O2/c1-13(11(14)7-8-12)15-9-10-5-3-2-4-6-10/h2-6H,7-9,12H2,1H3. The van der Waals surface area contributed by atoms with Gasteiger partial charge in [0.15, 0.2) is 0 Å². The highest BCUT2D eigenvalue weighted by atomic mass is 16.7. The van der Waals surface area contributed by atoms with Gasteiger partial charge in [-0.2, -0.15) is 0 Å². The van der Waals surface area contributed by atoms with E-state index in [0.29, 0.717) is 19.6 Å². The molecule has 0 aliphatic carbocycles. The molecule has 15 heavy (non-hydrogen) atoms. The van der Waals surface area contributed by atoms with Crippen LogP contribution in [0.3, 0.4) is 0 Å². The molecule has 0 bridgehead atoms. The minimum atomic E-state index is -0.103. The second-order valence-electron chi connectivity index (χ2n) is 3.19. The Bertz CT molecular complexity index is 301. The summed E-state index contributed by atoms with van der Waals surface area (Å²) >= 11 is 0. The van der Waals surface area contributed by atoms with Gasteiger partial charge in [0.1, 0.15) is 6.61 Å². The SMILES string of the molecule is CN(OCc1ccccc1)C(=O)CCN. The van der Waals surface area contributed by atoms with Crippen LogP contribution in [-0.4, -0.2) is 24.6 Å². The largest absolute Gasteiger partial charge is 0.330 e. The molecule has 0 spiro atoms. The van der Waals surface area contributed by atoms with Crippen molar-refractivity contribution in [3.8, 4) is 0 Å². The molecule has 0 radical (unpaired) electrons. The predicted molar refractivity (Wildman–Crippen MR) is 57.7 cm³/mol. The van der Waals surface area contributed by atoms with Crippen LogP contribution in [-0.2, 0) is 16.2 Å². The van der Waals surface area contributed by atoms with Crippen molar-refractivity contribution in [2.45, 2.75) is 13.0 Å². The quantitative estimate of drug-likeness (QED) is 0.732. The van der Waals surface area contributed by atoms with Crippen LogP contribution in [0, 0.1) is 0 Å². The molecule has 0 saturated carbocycles. The van der Waals surface area contributed by atoms with Gasteiger partial charge in [-0.1, -0.05) is 30.3 Å². The lowest BCUT2D eigenvalue weighted by Crippen LogP contribution is -2.28. The summed E-state index contributed by atoms with van der Waals surface area (Å²) < 4.78 is 0.